The Balaban J connectivity index is 1.67. The number of halogens is 1. The molecule has 32 heavy (non-hydrogen) atoms. The molecule has 0 bridgehead atoms. The number of pyridine rings is 1. The first-order valence-corrected chi connectivity index (χ1v) is 11.1. The van der Waals surface area contributed by atoms with Gasteiger partial charge >= 0.3 is 0 Å². The highest BCUT2D eigenvalue weighted by atomic mass is 32.1. The van der Waals surface area contributed by atoms with E-state index in [4.69, 9.17) is 10.8 Å². The minimum Gasteiger partial charge on any atom is -0.395 e. The summed E-state index contributed by atoms with van der Waals surface area (Å²) in [5, 5.41) is 14.2. The van der Waals surface area contributed by atoms with Gasteiger partial charge in [-0.25, -0.2) is 14.4 Å². The molecule has 4 aromatic rings. The third-order valence-electron chi connectivity index (χ3n) is 4.76. The second kappa shape index (κ2) is 10.3. The minimum atomic E-state index is -0.498. The first-order chi connectivity index (χ1) is 15.7. The highest BCUT2D eigenvalue weighted by molar-refractivity contribution is 7.18. The van der Waals surface area contributed by atoms with Crippen LogP contribution in [0.15, 0.2) is 54.2 Å². The average Bonchev–Trinajstić information content (AvgIpc) is 3.22. The second-order valence-corrected chi connectivity index (χ2v) is 8.06. The Hall–Kier alpha value is -3.38. The molecule has 0 fully saturated rings. The van der Waals surface area contributed by atoms with Gasteiger partial charge in [-0.15, -0.1) is 11.3 Å². The smallest absolute Gasteiger partial charge is 0.165 e. The number of aliphatic hydroxyl groups is 1. The summed E-state index contributed by atoms with van der Waals surface area (Å²) in [6.45, 7) is 0.479. The van der Waals surface area contributed by atoms with Crippen molar-refractivity contribution in [3.8, 4) is 23.2 Å². The highest BCUT2D eigenvalue weighted by Crippen LogP contribution is 2.32. The van der Waals surface area contributed by atoms with E-state index in [0.29, 0.717) is 29.9 Å². The van der Waals surface area contributed by atoms with Crippen LogP contribution in [0.5, 0.6) is 0 Å². The summed E-state index contributed by atoms with van der Waals surface area (Å²) in [5.41, 5.74) is 9.12. The van der Waals surface area contributed by atoms with Crippen LogP contribution < -0.4 is 11.1 Å². The number of nitrogens with two attached hydrogens (primary N) is 1. The van der Waals surface area contributed by atoms with Gasteiger partial charge in [0.15, 0.2) is 11.6 Å². The van der Waals surface area contributed by atoms with Crippen molar-refractivity contribution in [3.63, 3.8) is 0 Å². The van der Waals surface area contributed by atoms with E-state index in [-0.39, 0.29) is 24.0 Å². The number of anilines is 1. The number of benzene rings is 1. The summed E-state index contributed by atoms with van der Waals surface area (Å²) in [6, 6.07) is 11.5. The molecule has 4 N–H and O–H groups in total. The Morgan fingerprint density at radius 1 is 1.19 bits per heavy atom. The summed E-state index contributed by atoms with van der Waals surface area (Å²) in [4.78, 5) is 13.0. The minimum absolute atomic E-state index is 0.0103. The molecular weight excluding hydrogens is 425 g/mol. The van der Waals surface area contributed by atoms with Crippen LogP contribution in [0.1, 0.15) is 17.5 Å². The molecule has 6 nitrogen and oxygen atoms in total. The molecule has 8 heteroatoms. The summed E-state index contributed by atoms with van der Waals surface area (Å²) < 4.78 is 15.2. The van der Waals surface area contributed by atoms with Crippen molar-refractivity contribution in [1.82, 2.24) is 15.0 Å². The van der Waals surface area contributed by atoms with Crippen LogP contribution in [-0.2, 0) is 6.42 Å². The molecule has 1 atom stereocenters. The number of nitrogens with zero attached hydrogens (tertiary/aromatic N) is 3. The van der Waals surface area contributed by atoms with Crippen molar-refractivity contribution in [2.45, 2.75) is 18.9 Å². The molecule has 4 rings (SSSR count). The molecule has 0 saturated carbocycles. The van der Waals surface area contributed by atoms with Crippen LogP contribution in [0, 0.1) is 17.7 Å². The molecule has 3 aromatic heterocycles. The fraction of sp³-hybridized carbons (Fsp3) is 0.208. The van der Waals surface area contributed by atoms with E-state index >= 15 is 0 Å². The van der Waals surface area contributed by atoms with Gasteiger partial charge < -0.3 is 16.2 Å². The van der Waals surface area contributed by atoms with Crippen molar-refractivity contribution in [3.05, 3.63) is 71.1 Å². The summed E-state index contributed by atoms with van der Waals surface area (Å²) >= 11 is 1.46. The molecule has 0 radical (unpaired) electrons. The summed E-state index contributed by atoms with van der Waals surface area (Å²) in [7, 11) is 0. The van der Waals surface area contributed by atoms with Crippen molar-refractivity contribution in [2.75, 3.05) is 18.5 Å². The number of fused-ring (bicyclic) bond motifs is 1. The van der Waals surface area contributed by atoms with E-state index in [9.17, 15) is 4.39 Å². The van der Waals surface area contributed by atoms with E-state index in [1.165, 1.54) is 17.5 Å². The maximum atomic E-state index is 14.4. The quantitative estimate of drug-likeness (QED) is 0.375. The van der Waals surface area contributed by atoms with Crippen molar-refractivity contribution in [2.24, 2.45) is 5.73 Å². The zero-order valence-corrected chi connectivity index (χ0v) is 18.1. The maximum Gasteiger partial charge on any atom is 0.165 e. The molecule has 0 amide bonds. The fourth-order valence-corrected chi connectivity index (χ4v) is 4.14. The highest BCUT2D eigenvalue weighted by Gasteiger charge is 2.17. The fourth-order valence-electron chi connectivity index (χ4n) is 3.23. The van der Waals surface area contributed by atoms with Crippen molar-refractivity contribution in [1.29, 1.82) is 0 Å². The lowest BCUT2D eigenvalue weighted by molar-refractivity contribution is 0.305. The molecule has 0 aliphatic rings. The lowest BCUT2D eigenvalue weighted by atomic mass is 10.1. The Morgan fingerprint density at radius 2 is 2.03 bits per heavy atom. The number of hydrogen-bond acceptors (Lipinski definition) is 7. The maximum absolute atomic E-state index is 14.4. The second-order valence-electron chi connectivity index (χ2n) is 7.18. The van der Waals surface area contributed by atoms with Gasteiger partial charge in [0.25, 0.3) is 0 Å². The third kappa shape index (κ3) is 5.08. The van der Waals surface area contributed by atoms with Gasteiger partial charge in [-0.3, -0.25) is 4.98 Å². The molecule has 3 heterocycles. The predicted molar refractivity (Wildman–Crippen MR) is 126 cm³/mol. The van der Waals surface area contributed by atoms with Crippen LogP contribution in [0.4, 0.5) is 10.2 Å². The Bertz CT molecular complexity index is 1270. The van der Waals surface area contributed by atoms with Crippen LogP contribution in [0.2, 0.25) is 0 Å². The molecule has 0 spiro atoms. The van der Waals surface area contributed by atoms with E-state index < -0.39 is 5.82 Å². The van der Waals surface area contributed by atoms with Crippen LogP contribution >= 0.6 is 11.3 Å². The zero-order valence-electron chi connectivity index (χ0n) is 17.3. The normalized spacial score (nSPS) is 11.7. The summed E-state index contributed by atoms with van der Waals surface area (Å²) in [6.07, 6.45) is 3.73. The van der Waals surface area contributed by atoms with Crippen LogP contribution in [-0.4, -0.2) is 39.3 Å². The number of nitrogens with one attached hydrogen (secondary N) is 1. The third-order valence-corrected chi connectivity index (χ3v) is 5.74. The average molecular weight is 448 g/mol. The lowest BCUT2D eigenvalue weighted by Gasteiger charge is -2.14. The lowest BCUT2D eigenvalue weighted by Crippen LogP contribution is -2.31. The van der Waals surface area contributed by atoms with Crippen LogP contribution in [0.3, 0.4) is 0 Å². The standard InChI is InChI=1S/C24H22FN5OS/c25-20-14-27-10-9-19(20)23-29-21-17(8-4-5-11-31)15-32-22(21)24(30-23)28-13-18(26)12-16-6-2-1-3-7-16/h1-3,6-7,9-10,14-15,18,31H,5,11-13,26H2,(H,28,29,30). The zero-order chi connectivity index (χ0) is 22.3. The van der Waals surface area contributed by atoms with Gasteiger partial charge in [0, 0.05) is 30.6 Å². The summed E-state index contributed by atoms with van der Waals surface area (Å²) in [5.74, 6) is 6.30. The largest absolute Gasteiger partial charge is 0.395 e. The molecular formula is C24H22FN5OS. The number of hydrogen-bond donors (Lipinski definition) is 3. The monoisotopic (exact) mass is 447 g/mol. The Labute approximate surface area is 189 Å². The molecule has 0 saturated heterocycles. The van der Waals surface area contributed by atoms with Crippen molar-refractivity contribution < 1.29 is 9.50 Å². The van der Waals surface area contributed by atoms with Gasteiger partial charge in [0.2, 0.25) is 0 Å². The van der Waals surface area contributed by atoms with Crippen molar-refractivity contribution >= 4 is 27.4 Å². The van der Waals surface area contributed by atoms with E-state index in [1.807, 2.05) is 35.7 Å². The Morgan fingerprint density at radius 3 is 2.81 bits per heavy atom. The Kier molecular flexibility index (Phi) is 7.02. The number of aliphatic hydroxyl groups excluding tert-OH is 1. The number of thiophene rings is 1. The first kappa shape index (κ1) is 21.8. The van der Waals surface area contributed by atoms with E-state index in [2.05, 4.69) is 32.1 Å². The van der Waals surface area contributed by atoms with Gasteiger partial charge in [-0.2, -0.15) is 0 Å². The van der Waals surface area contributed by atoms with Gasteiger partial charge in [-0.1, -0.05) is 42.2 Å². The predicted octanol–water partition coefficient (Wildman–Crippen LogP) is 3.61. The van der Waals surface area contributed by atoms with Crippen LogP contribution in [0.25, 0.3) is 21.6 Å². The van der Waals surface area contributed by atoms with Gasteiger partial charge in [-0.05, 0) is 18.1 Å². The molecule has 1 aromatic carbocycles. The van der Waals surface area contributed by atoms with Gasteiger partial charge in [0.1, 0.15) is 11.3 Å². The number of rotatable bonds is 7. The first-order valence-electron chi connectivity index (χ1n) is 10.2. The van der Waals surface area contributed by atoms with Gasteiger partial charge in [0.05, 0.1) is 28.6 Å². The van der Waals surface area contributed by atoms with E-state index in [1.54, 1.807) is 6.07 Å². The van der Waals surface area contributed by atoms with E-state index in [0.717, 1.165) is 22.9 Å². The topological polar surface area (TPSA) is 97.0 Å². The SMILES string of the molecule is NC(CNc1nc(-c2ccncc2F)nc2c(C#CCCO)csc12)Cc1ccccc1. The molecule has 0 aliphatic carbocycles. The molecule has 1 unspecified atom stereocenters. The number of aromatic nitrogens is 3. The molecule has 162 valence electrons. The molecule has 0 aliphatic heterocycles.